The van der Waals surface area contributed by atoms with Gasteiger partial charge in [0, 0.05) is 87.4 Å². The molecule has 12 nitrogen and oxygen atoms in total. The minimum absolute atomic E-state index is 0.110. The van der Waals surface area contributed by atoms with Gasteiger partial charge in [0.05, 0.1) is 48.4 Å². The highest BCUT2D eigenvalue weighted by Gasteiger charge is 2.29. The van der Waals surface area contributed by atoms with E-state index < -0.39 is 6.37 Å². The van der Waals surface area contributed by atoms with E-state index >= 15 is 0 Å². The SMILES string of the molecule is Cc1cc(-c2c3ccc(CC(C)C)cc3nc[n+]2C)c(C)c(C)c1F.Cc1cc(-c2c3ccccc3nc[n+]2C)c(C)c(C)c1F.Cc1cc(C)c(C)c(-c2c3ccccc3nc[n+]2C)c1.Cc1ccc2c(n1)oc1c(-c3ccc4c(CC(C)C)cccc4[n+]3C)c(C)ccc12.[2H]C([2H])(c1cccc2c1ccc(-c1c(C)c(C)cc3c1oc1nc(C)ccc13)[n+]2C)C(C)C. The Hall–Kier alpha value is -13.2. The lowest BCUT2D eigenvalue weighted by Gasteiger charge is -2.14. The Kier molecular flexibility index (Phi) is 24.6. The summed E-state index contributed by atoms with van der Waals surface area (Å²) in [6.45, 7) is 41.1. The van der Waals surface area contributed by atoms with E-state index in [4.69, 9.17) is 11.6 Å². The van der Waals surface area contributed by atoms with Crippen LogP contribution in [0.1, 0.15) is 139 Å². The lowest BCUT2D eigenvalue weighted by atomic mass is 9.94. The van der Waals surface area contributed by atoms with Crippen LogP contribution in [-0.2, 0) is 54.5 Å². The van der Waals surface area contributed by atoms with E-state index in [1.807, 2.05) is 179 Å². The second kappa shape index (κ2) is 36.4. The third-order valence-electron chi connectivity index (χ3n) is 25.3. The molecule has 0 aliphatic rings. The van der Waals surface area contributed by atoms with Crippen LogP contribution in [0.15, 0.2) is 222 Å². The molecule has 0 bridgehead atoms. The summed E-state index contributed by atoms with van der Waals surface area (Å²) in [5.41, 5.74) is 37.2. The standard InChI is InChI=1S/C28H29N2O.C27H27N2O.C22H26FN2.C18H18FN2.C18H19N2/c1-16(2)14-20-8-7-9-24-21(20)12-13-25(30(24)6)26-19(5)17(3)15-23-22-11-10-18(4)29-28(22)31-27(23)26;1-16(2)15-19-7-6-8-23-20(19)13-14-24(29(23)5)25-17(3)9-11-21-22-12-10-18(4)28-27(22)30-26(21)25;1-13(2)9-17-7-8-18-20(11-17)24-12-25(6)22(18)19-10-14(3)21(23)16(5)15(19)4;1-11-9-15(12(2)13(3)17(11)19)18-14-7-5-6-8-16(14)20-10-21(18)4;1-12-9-13(2)14(3)16(10-12)18-15-7-5-6-8-17(15)19-11-20(18)4/h7-13,15-16H,14H2,1-6H3;6-14,16H,15H2,1-5H3;7-8,10-13H,9H2,1-6H3;5-10H,1-4H3;5-11H,1-4H3/q5*+1/i14D2;;;;. The number of rotatable bonds is 11. The maximum atomic E-state index is 14.3. The zero-order chi connectivity index (χ0) is 92.4. The summed E-state index contributed by atoms with van der Waals surface area (Å²) in [7, 11) is 10.2. The number of benzene rings is 10. The average molecular weight is 1690 g/mol. The molecular weight excluding hydrogens is 1570 g/mol. The quantitative estimate of drug-likeness (QED) is 0.119. The molecule has 10 aromatic carbocycles. The van der Waals surface area contributed by atoms with Crippen molar-refractivity contribution in [2.24, 2.45) is 53.0 Å². The van der Waals surface area contributed by atoms with Gasteiger partial charge in [0.1, 0.15) is 42.8 Å². The van der Waals surface area contributed by atoms with Crippen molar-refractivity contribution in [3.05, 3.63) is 320 Å². The monoisotopic (exact) mass is 1690 g/mol. The van der Waals surface area contributed by atoms with E-state index in [2.05, 4.69) is 255 Å². The van der Waals surface area contributed by atoms with Crippen molar-refractivity contribution >= 4 is 98.7 Å². The summed E-state index contributed by atoms with van der Waals surface area (Å²) in [6, 6.07) is 67.3. The number of halogens is 2. The number of fused-ring (bicyclic) bond motifs is 11. The van der Waals surface area contributed by atoms with Crippen LogP contribution in [0.4, 0.5) is 8.78 Å². The molecule has 0 aliphatic carbocycles. The zero-order valence-electron chi connectivity index (χ0n) is 80.4. The first-order chi connectivity index (χ1) is 61.4. The fourth-order valence-electron chi connectivity index (χ4n) is 18.2. The molecule has 9 heterocycles. The second-order valence-electron chi connectivity index (χ2n) is 36.0. The number of nitrogens with zero attached hydrogens (tertiary/aromatic N) is 10. The highest BCUT2D eigenvalue weighted by Crippen LogP contribution is 2.42. The molecule has 0 radical (unpaired) electrons. The molecule has 0 aliphatic heterocycles. The van der Waals surface area contributed by atoms with E-state index in [9.17, 15) is 8.78 Å². The Labute approximate surface area is 748 Å². The molecule has 0 unspecified atom stereocenters. The average Bonchev–Trinajstić information content (AvgIpc) is 1.61. The van der Waals surface area contributed by atoms with Crippen molar-refractivity contribution in [3.8, 4) is 56.3 Å². The first kappa shape index (κ1) is 85.9. The zero-order valence-corrected chi connectivity index (χ0v) is 78.4. The lowest BCUT2D eigenvalue weighted by Crippen LogP contribution is -2.32. The fourth-order valence-corrected chi connectivity index (χ4v) is 18.2. The van der Waals surface area contributed by atoms with E-state index in [0.717, 1.165) is 162 Å². The Bertz CT molecular complexity index is 7670. The molecule has 14 heteroatoms. The molecule has 0 amide bonds. The van der Waals surface area contributed by atoms with Gasteiger partial charge in [0.25, 0.3) is 19.0 Å². The van der Waals surface area contributed by atoms with Crippen LogP contribution in [0, 0.1) is 126 Å². The van der Waals surface area contributed by atoms with Gasteiger partial charge in [-0.15, -0.1) is 0 Å². The maximum Gasteiger partial charge on any atom is 0.287 e. The first-order valence-electron chi connectivity index (χ1n) is 45.2. The molecule has 127 heavy (non-hydrogen) atoms. The smallest absolute Gasteiger partial charge is 0.287 e. The van der Waals surface area contributed by atoms with Crippen molar-refractivity contribution in [2.75, 3.05) is 0 Å². The van der Waals surface area contributed by atoms with Crippen LogP contribution in [-0.4, -0.2) is 24.9 Å². The summed E-state index contributed by atoms with van der Waals surface area (Å²) >= 11 is 0. The second-order valence-corrected chi connectivity index (χ2v) is 36.0. The highest BCUT2D eigenvalue weighted by atomic mass is 19.1. The topological polar surface area (TPSA) is 110 Å². The predicted octanol–water partition coefficient (Wildman–Crippen LogP) is 25.6. The van der Waals surface area contributed by atoms with E-state index in [1.54, 1.807) is 0 Å². The maximum absolute atomic E-state index is 14.3. The molecular formula is C113H119F2N10O2+5. The molecule has 19 aromatic rings. The lowest BCUT2D eigenvalue weighted by molar-refractivity contribution is -0.662. The van der Waals surface area contributed by atoms with Crippen molar-refractivity contribution in [1.29, 1.82) is 0 Å². The largest absolute Gasteiger partial charge is 0.437 e. The van der Waals surface area contributed by atoms with E-state index in [-0.39, 0.29) is 17.6 Å². The molecule has 9 aromatic heterocycles. The van der Waals surface area contributed by atoms with E-state index in [0.29, 0.717) is 40.0 Å². The van der Waals surface area contributed by atoms with Gasteiger partial charge in [-0.3, -0.25) is 0 Å². The van der Waals surface area contributed by atoms with Gasteiger partial charge < -0.3 is 8.83 Å². The third-order valence-corrected chi connectivity index (χ3v) is 25.3. The first-order valence-corrected chi connectivity index (χ1v) is 44.2. The van der Waals surface area contributed by atoms with Crippen LogP contribution in [0.3, 0.4) is 0 Å². The van der Waals surface area contributed by atoms with Gasteiger partial charge in [-0.1, -0.05) is 120 Å². The third kappa shape index (κ3) is 17.4. The van der Waals surface area contributed by atoms with Crippen LogP contribution in [0.5, 0.6) is 0 Å². The Morgan fingerprint density at radius 3 is 1.29 bits per heavy atom. The predicted molar refractivity (Wildman–Crippen MR) is 518 cm³/mol. The van der Waals surface area contributed by atoms with Gasteiger partial charge >= 0.3 is 0 Å². The van der Waals surface area contributed by atoms with Crippen LogP contribution < -0.4 is 22.8 Å². The van der Waals surface area contributed by atoms with Crippen LogP contribution in [0.2, 0.25) is 0 Å². The molecule has 0 saturated carbocycles. The van der Waals surface area contributed by atoms with Crippen LogP contribution in [0.25, 0.3) is 155 Å². The van der Waals surface area contributed by atoms with Gasteiger partial charge in [-0.25, -0.2) is 32.5 Å². The van der Waals surface area contributed by atoms with Crippen molar-refractivity contribution < 1.29 is 43.2 Å². The number of pyridine rings is 4. The molecule has 0 fully saturated rings. The minimum atomic E-state index is -1.41. The summed E-state index contributed by atoms with van der Waals surface area (Å²) in [5, 5.41) is 9.92. The number of hydrogen-bond donors (Lipinski definition) is 0. The molecule has 642 valence electrons. The number of hydrogen-bond acceptors (Lipinski definition) is 7. The molecule has 0 spiro atoms. The van der Waals surface area contributed by atoms with Gasteiger partial charge in [0.15, 0.2) is 27.7 Å². The Balaban J connectivity index is 0.000000125. The summed E-state index contributed by atoms with van der Waals surface area (Å²) in [5.74, 6) is 0.890. The minimum Gasteiger partial charge on any atom is -0.437 e. The van der Waals surface area contributed by atoms with Gasteiger partial charge in [0.2, 0.25) is 33.8 Å². The number of para-hydroxylation sites is 2. The summed E-state index contributed by atoms with van der Waals surface area (Å²) in [6.07, 6.45) is 6.27. The fraction of sp³-hybridized carbons (Fsp3) is 0.274. The molecule has 0 atom stereocenters. The van der Waals surface area contributed by atoms with Crippen molar-refractivity contribution in [1.82, 2.24) is 24.9 Å². The van der Waals surface area contributed by atoms with Gasteiger partial charge in [-0.2, -0.15) is 9.13 Å². The molecule has 19 rings (SSSR count). The molecule has 0 N–H and O–H groups in total. The Morgan fingerprint density at radius 2 is 0.772 bits per heavy atom. The van der Waals surface area contributed by atoms with Crippen LogP contribution >= 0.6 is 0 Å². The van der Waals surface area contributed by atoms with Crippen molar-refractivity contribution in [3.63, 3.8) is 0 Å². The number of aromatic nitrogens is 10. The number of aryl methyl sites for hydroxylation is 13. The van der Waals surface area contributed by atoms with E-state index in [1.165, 1.54) is 72.1 Å². The normalized spacial score (nSPS) is 11.9. The number of furan rings is 2. The summed E-state index contributed by atoms with van der Waals surface area (Å²) < 4.78 is 69.0. The van der Waals surface area contributed by atoms with Crippen molar-refractivity contribution in [2.45, 2.75) is 158 Å². The highest BCUT2D eigenvalue weighted by molar-refractivity contribution is 6.11. The summed E-state index contributed by atoms with van der Waals surface area (Å²) in [4.78, 5) is 22.8. The molecule has 0 saturated heterocycles. The van der Waals surface area contributed by atoms with Gasteiger partial charge in [-0.05, 0) is 324 Å². The Morgan fingerprint density at radius 1 is 0.339 bits per heavy atom.